The average molecular weight is 236 g/mol. The van der Waals surface area contributed by atoms with Crippen LogP contribution in [0.25, 0.3) is 0 Å². The van der Waals surface area contributed by atoms with Gasteiger partial charge in [0.1, 0.15) is 0 Å². The Hall–Kier alpha value is -0.950. The molecule has 0 saturated heterocycles. The van der Waals surface area contributed by atoms with E-state index in [1.165, 1.54) is 0 Å². The van der Waals surface area contributed by atoms with Crippen LogP contribution in [0.4, 0.5) is 4.79 Å². The lowest BCUT2D eigenvalue weighted by atomic mass is 10.3. The molecule has 0 aliphatic heterocycles. The molecule has 0 fully saturated rings. The van der Waals surface area contributed by atoms with Gasteiger partial charge in [-0.2, -0.15) is 11.8 Å². The van der Waals surface area contributed by atoms with Crippen LogP contribution in [0.1, 0.15) is 6.92 Å². The summed E-state index contributed by atoms with van der Waals surface area (Å²) in [6, 6.07) is -0.476. The first-order valence-electron chi connectivity index (χ1n) is 4.42. The maximum atomic E-state index is 11.1. The highest BCUT2D eigenvalue weighted by Crippen LogP contribution is 2.01. The summed E-state index contributed by atoms with van der Waals surface area (Å²) in [6.45, 7) is 2.15. The fourth-order valence-corrected chi connectivity index (χ4v) is 0.909. The summed E-state index contributed by atoms with van der Waals surface area (Å²) < 4.78 is 0. The smallest absolute Gasteiger partial charge is 0.334 e. The molecular weight excluding hydrogens is 220 g/mol. The lowest BCUT2D eigenvalue weighted by Crippen LogP contribution is -2.43. The fraction of sp³-hybridized carbons (Fsp3) is 0.750. The molecule has 4 N–H and O–H groups in total. The second-order valence-electron chi connectivity index (χ2n) is 2.99. The zero-order valence-corrected chi connectivity index (χ0v) is 9.50. The van der Waals surface area contributed by atoms with Crippen LogP contribution in [-0.2, 0) is 4.79 Å². The Morgan fingerprint density at radius 3 is 2.33 bits per heavy atom. The van der Waals surface area contributed by atoms with E-state index in [0.29, 0.717) is 11.8 Å². The molecule has 1 unspecified atom stereocenters. The van der Waals surface area contributed by atoms with Crippen molar-refractivity contribution >= 4 is 23.8 Å². The molecule has 88 valence electrons. The quantitative estimate of drug-likeness (QED) is 0.497. The van der Waals surface area contributed by atoms with Crippen LogP contribution >= 0.6 is 11.8 Å². The Balaban J connectivity index is 3.62. The van der Waals surface area contributed by atoms with Gasteiger partial charge in [-0.15, -0.1) is 0 Å². The number of hydrogen-bond donors (Lipinski definition) is 4. The van der Waals surface area contributed by atoms with Crippen LogP contribution in [0.3, 0.4) is 0 Å². The van der Waals surface area contributed by atoms with Crippen molar-refractivity contribution in [2.24, 2.45) is 0 Å². The van der Waals surface area contributed by atoms with Crippen molar-refractivity contribution in [2.75, 3.05) is 19.3 Å². The molecule has 0 aliphatic carbocycles. The predicted molar refractivity (Wildman–Crippen MR) is 58.0 cm³/mol. The first-order chi connectivity index (χ1) is 6.97. The molecule has 0 rings (SSSR count). The molecule has 0 heterocycles. The Labute approximate surface area is 92.4 Å². The normalized spacial score (nSPS) is 14.1. The number of aliphatic carboxylic acids is 1. The zero-order chi connectivity index (χ0) is 11.8. The van der Waals surface area contributed by atoms with Crippen molar-refractivity contribution in [3.8, 4) is 0 Å². The molecular formula is C8H16N2O4S. The number of carboxylic acid groups (broad SMARTS) is 1. The highest BCUT2D eigenvalue weighted by molar-refractivity contribution is 7.99. The number of carboxylic acids is 1. The van der Waals surface area contributed by atoms with Crippen LogP contribution in [0.2, 0.25) is 0 Å². The molecule has 2 atom stereocenters. The highest BCUT2D eigenvalue weighted by Gasteiger charge is 2.13. The molecule has 0 aromatic carbocycles. The Morgan fingerprint density at radius 2 is 1.87 bits per heavy atom. The predicted octanol–water partition coefficient (Wildman–Crippen LogP) is -0.517. The number of aliphatic hydroxyl groups is 1. The Kier molecular flexibility index (Phi) is 6.89. The van der Waals surface area contributed by atoms with Gasteiger partial charge in [0.25, 0.3) is 0 Å². The number of urea groups is 1. The van der Waals surface area contributed by atoms with Gasteiger partial charge >= 0.3 is 12.0 Å². The number of thioether (sulfide) groups is 1. The van der Waals surface area contributed by atoms with Crippen LogP contribution in [0, 0.1) is 0 Å². The van der Waals surface area contributed by atoms with Crippen molar-refractivity contribution < 1.29 is 19.8 Å². The summed E-state index contributed by atoms with van der Waals surface area (Å²) in [5.41, 5.74) is 0. The van der Waals surface area contributed by atoms with Crippen molar-refractivity contribution in [1.29, 1.82) is 0 Å². The average Bonchev–Trinajstić information content (AvgIpc) is 2.21. The third kappa shape index (κ3) is 7.03. The fourth-order valence-electron chi connectivity index (χ4n) is 0.659. The molecule has 7 heteroatoms. The molecule has 0 saturated carbocycles. The number of nitrogens with one attached hydrogen (secondary N) is 2. The first-order valence-corrected chi connectivity index (χ1v) is 5.71. The second kappa shape index (κ2) is 7.36. The van der Waals surface area contributed by atoms with E-state index in [2.05, 4.69) is 10.6 Å². The summed E-state index contributed by atoms with van der Waals surface area (Å²) in [5, 5.41) is 22.3. The third-order valence-electron chi connectivity index (χ3n) is 1.69. The monoisotopic (exact) mass is 236 g/mol. The number of aliphatic hydroxyl groups excluding tert-OH is 1. The van der Waals surface area contributed by atoms with Crippen LogP contribution in [0.5, 0.6) is 0 Å². The Morgan fingerprint density at radius 1 is 1.33 bits per heavy atom. The molecule has 15 heavy (non-hydrogen) atoms. The van der Waals surface area contributed by atoms with Crippen LogP contribution < -0.4 is 10.6 Å². The highest BCUT2D eigenvalue weighted by atomic mass is 32.2. The molecule has 6 nitrogen and oxygen atoms in total. The molecule has 0 spiro atoms. The molecule has 2 amide bonds. The molecule has 0 bridgehead atoms. The summed E-state index contributed by atoms with van der Waals surface area (Å²) >= 11 is 1.61. The number of carbonyl (C=O) groups is 2. The lowest BCUT2D eigenvalue weighted by molar-refractivity contribution is -0.146. The van der Waals surface area contributed by atoms with Crippen molar-refractivity contribution in [3.05, 3.63) is 0 Å². The van der Waals surface area contributed by atoms with Crippen molar-refractivity contribution in [1.82, 2.24) is 10.6 Å². The maximum absolute atomic E-state index is 11.1. The van der Waals surface area contributed by atoms with Crippen LogP contribution in [0.15, 0.2) is 0 Å². The summed E-state index contributed by atoms with van der Waals surface area (Å²) in [6.07, 6.45) is 0.368. The van der Waals surface area contributed by atoms with E-state index in [1.807, 2.05) is 13.2 Å². The van der Waals surface area contributed by atoms with Gasteiger partial charge in [0.15, 0.2) is 6.10 Å². The molecule has 0 aromatic rings. The minimum atomic E-state index is -1.56. The maximum Gasteiger partial charge on any atom is 0.334 e. The van der Waals surface area contributed by atoms with Crippen molar-refractivity contribution in [2.45, 2.75) is 18.3 Å². The number of rotatable bonds is 6. The van der Waals surface area contributed by atoms with E-state index in [4.69, 9.17) is 10.2 Å². The standard InChI is InChI=1S/C8H16N2O4S/c1-5(15-2)3-9-8(14)10-4-6(11)7(12)13/h5-6,11H,3-4H2,1-2H3,(H,12,13)(H2,9,10,14)/t5?,6-/m0/s1. The van der Waals surface area contributed by atoms with E-state index in [0.717, 1.165) is 0 Å². The zero-order valence-electron chi connectivity index (χ0n) is 8.69. The van der Waals surface area contributed by atoms with E-state index in [9.17, 15) is 9.59 Å². The Bertz CT molecular complexity index is 225. The van der Waals surface area contributed by atoms with Gasteiger partial charge < -0.3 is 20.8 Å². The largest absolute Gasteiger partial charge is 0.479 e. The summed E-state index contributed by atoms with van der Waals surface area (Å²) in [5.74, 6) is -1.35. The topological polar surface area (TPSA) is 98.7 Å². The van der Waals surface area contributed by atoms with E-state index >= 15 is 0 Å². The lowest BCUT2D eigenvalue weighted by Gasteiger charge is -2.11. The van der Waals surface area contributed by atoms with Gasteiger partial charge in [0.05, 0.1) is 6.54 Å². The van der Waals surface area contributed by atoms with Gasteiger partial charge in [0, 0.05) is 11.8 Å². The van der Waals surface area contributed by atoms with E-state index < -0.39 is 18.1 Å². The van der Waals surface area contributed by atoms with Gasteiger partial charge in [-0.05, 0) is 6.26 Å². The van der Waals surface area contributed by atoms with Gasteiger partial charge in [-0.1, -0.05) is 6.92 Å². The minimum absolute atomic E-state index is 0.292. The number of hydrogen-bond acceptors (Lipinski definition) is 4. The van der Waals surface area contributed by atoms with Gasteiger partial charge in [0.2, 0.25) is 0 Å². The number of amides is 2. The molecule has 0 aromatic heterocycles. The van der Waals surface area contributed by atoms with Gasteiger partial charge in [-0.25, -0.2) is 9.59 Å². The van der Waals surface area contributed by atoms with Crippen molar-refractivity contribution in [3.63, 3.8) is 0 Å². The first kappa shape index (κ1) is 14.1. The summed E-state index contributed by atoms with van der Waals surface area (Å²) in [4.78, 5) is 21.3. The van der Waals surface area contributed by atoms with Gasteiger partial charge in [-0.3, -0.25) is 0 Å². The van der Waals surface area contributed by atoms with E-state index in [-0.39, 0.29) is 6.54 Å². The second-order valence-corrected chi connectivity index (χ2v) is 4.27. The van der Waals surface area contributed by atoms with E-state index in [1.54, 1.807) is 11.8 Å². The molecule has 0 radical (unpaired) electrons. The molecule has 0 aliphatic rings. The number of carbonyl (C=O) groups excluding carboxylic acids is 1. The minimum Gasteiger partial charge on any atom is -0.479 e. The SMILES string of the molecule is CSC(C)CNC(=O)NC[C@H](O)C(=O)O. The third-order valence-corrected chi connectivity index (χ3v) is 2.66. The van der Waals surface area contributed by atoms with Crippen LogP contribution in [-0.4, -0.2) is 52.9 Å². The summed E-state index contributed by atoms with van der Waals surface area (Å²) in [7, 11) is 0.